The van der Waals surface area contributed by atoms with Crippen LogP contribution in [0.25, 0.3) is 0 Å². The molecule has 0 amide bonds. The summed E-state index contributed by atoms with van der Waals surface area (Å²) in [7, 11) is 0. The number of carbonyl (C=O) groups excluding carboxylic acids is 1. The second-order valence-electron chi connectivity index (χ2n) is 14.4. The summed E-state index contributed by atoms with van der Waals surface area (Å²) in [6.45, 7) is 5.36. The lowest BCUT2D eigenvalue weighted by Crippen LogP contribution is -2.27. The number of rotatable bonds is 40. The molecule has 0 fully saturated rings. The molecule has 0 aromatic heterocycles. The largest absolute Gasteiger partial charge is 0.457 e. The molecule has 0 rings (SSSR count). The molecular formula is C44H84O4. The van der Waals surface area contributed by atoms with Crippen molar-refractivity contribution in [1.29, 1.82) is 0 Å². The van der Waals surface area contributed by atoms with Crippen LogP contribution in [0.15, 0.2) is 24.3 Å². The summed E-state index contributed by atoms with van der Waals surface area (Å²) in [6, 6.07) is 0. The lowest BCUT2D eigenvalue weighted by molar-refractivity contribution is -0.154. The second kappa shape index (κ2) is 42.0. The topological polar surface area (TPSA) is 55.8 Å². The maximum atomic E-state index is 12.2. The first kappa shape index (κ1) is 46.9. The number of aliphatic hydroxyl groups is 1. The molecule has 1 N–H and O–H groups in total. The predicted molar refractivity (Wildman–Crippen MR) is 210 cm³/mol. The monoisotopic (exact) mass is 677 g/mol. The Bertz CT molecular complexity index is 673. The Labute approximate surface area is 300 Å². The Morgan fingerprint density at radius 3 is 1.29 bits per heavy atom. The molecular weight excluding hydrogens is 592 g/mol. The van der Waals surface area contributed by atoms with Crippen LogP contribution in [0.3, 0.4) is 0 Å². The third-order valence-electron chi connectivity index (χ3n) is 9.53. The molecule has 0 spiro atoms. The number of carbonyl (C=O) groups is 1. The standard InChI is InChI=1S/C44H84O4/c1-3-5-7-9-11-13-15-17-19-20-21-22-23-24-25-26-28-30-32-34-36-38-40-47-42-43(41-45)48-44(46)39-37-35-33-31-29-27-18-16-14-12-10-8-6-4-2/h15,17,20-21,43,45H,3-14,16,18-19,22-42H2,1-2H3/b17-15-,21-20-. The van der Waals surface area contributed by atoms with E-state index in [1.807, 2.05) is 0 Å². The summed E-state index contributed by atoms with van der Waals surface area (Å²) < 4.78 is 11.2. The molecule has 1 atom stereocenters. The fourth-order valence-corrected chi connectivity index (χ4v) is 6.30. The van der Waals surface area contributed by atoms with Crippen LogP contribution >= 0.6 is 0 Å². The molecule has 48 heavy (non-hydrogen) atoms. The Hall–Kier alpha value is -1.13. The summed E-state index contributed by atoms with van der Waals surface area (Å²) in [5.74, 6) is -0.199. The van der Waals surface area contributed by atoms with E-state index in [2.05, 4.69) is 38.2 Å². The van der Waals surface area contributed by atoms with Crippen LogP contribution in [0, 0.1) is 0 Å². The van der Waals surface area contributed by atoms with Crippen molar-refractivity contribution >= 4 is 5.97 Å². The van der Waals surface area contributed by atoms with Gasteiger partial charge in [0.15, 0.2) is 0 Å². The van der Waals surface area contributed by atoms with E-state index >= 15 is 0 Å². The molecule has 1 unspecified atom stereocenters. The van der Waals surface area contributed by atoms with Crippen molar-refractivity contribution in [3.8, 4) is 0 Å². The summed E-state index contributed by atoms with van der Waals surface area (Å²) in [5, 5.41) is 9.59. The van der Waals surface area contributed by atoms with E-state index in [1.165, 1.54) is 180 Å². The zero-order valence-corrected chi connectivity index (χ0v) is 32.5. The van der Waals surface area contributed by atoms with Gasteiger partial charge >= 0.3 is 5.97 Å². The Kier molecular flexibility index (Phi) is 41.0. The van der Waals surface area contributed by atoms with Crippen LogP contribution in [0.4, 0.5) is 0 Å². The van der Waals surface area contributed by atoms with Crippen molar-refractivity contribution in [2.45, 2.75) is 232 Å². The van der Waals surface area contributed by atoms with Crippen LogP contribution in [-0.2, 0) is 14.3 Å². The van der Waals surface area contributed by atoms with Gasteiger partial charge in [0.1, 0.15) is 6.10 Å². The maximum Gasteiger partial charge on any atom is 0.306 e. The molecule has 0 aliphatic carbocycles. The first-order chi connectivity index (χ1) is 23.7. The highest BCUT2D eigenvalue weighted by atomic mass is 16.6. The molecule has 0 heterocycles. The van der Waals surface area contributed by atoms with Gasteiger partial charge in [-0.25, -0.2) is 0 Å². The van der Waals surface area contributed by atoms with Crippen LogP contribution in [0.5, 0.6) is 0 Å². The summed E-state index contributed by atoms with van der Waals surface area (Å²) >= 11 is 0. The summed E-state index contributed by atoms with van der Waals surface area (Å²) in [4.78, 5) is 12.2. The maximum absolute atomic E-state index is 12.2. The Morgan fingerprint density at radius 2 is 0.875 bits per heavy atom. The molecule has 0 bridgehead atoms. The number of allylic oxidation sites excluding steroid dienone is 4. The van der Waals surface area contributed by atoms with Gasteiger partial charge in [0, 0.05) is 13.0 Å². The average molecular weight is 677 g/mol. The van der Waals surface area contributed by atoms with Gasteiger partial charge in [0.25, 0.3) is 0 Å². The number of ether oxygens (including phenoxy) is 2. The quantitative estimate of drug-likeness (QED) is 0.0399. The minimum Gasteiger partial charge on any atom is -0.457 e. The van der Waals surface area contributed by atoms with Crippen LogP contribution in [0.1, 0.15) is 226 Å². The number of aliphatic hydroxyl groups excluding tert-OH is 1. The highest BCUT2D eigenvalue weighted by Crippen LogP contribution is 2.15. The van der Waals surface area contributed by atoms with E-state index < -0.39 is 6.10 Å². The molecule has 0 aromatic carbocycles. The van der Waals surface area contributed by atoms with Crippen molar-refractivity contribution < 1.29 is 19.4 Å². The smallest absolute Gasteiger partial charge is 0.306 e. The fourth-order valence-electron chi connectivity index (χ4n) is 6.30. The molecule has 284 valence electrons. The van der Waals surface area contributed by atoms with Gasteiger partial charge in [0.2, 0.25) is 0 Å². The summed E-state index contributed by atoms with van der Waals surface area (Å²) in [6.07, 6.45) is 50.9. The van der Waals surface area contributed by atoms with E-state index in [9.17, 15) is 9.90 Å². The first-order valence-electron chi connectivity index (χ1n) is 21.4. The SMILES string of the molecule is CCCCCCC/C=C\C/C=C\CCCCCCCCCCCCOCC(CO)OC(=O)CCCCCCCCCCCCCCCC. The van der Waals surface area contributed by atoms with E-state index in [-0.39, 0.29) is 12.6 Å². The average Bonchev–Trinajstić information content (AvgIpc) is 3.09. The normalized spacial score (nSPS) is 12.5. The lowest BCUT2D eigenvalue weighted by atomic mass is 10.0. The van der Waals surface area contributed by atoms with Crippen molar-refractivity contribution in [3.05, 3.63) is 24.3 Å². The molecule has 0 saturated carbocycles. The molecule has 0 aromatic rings. The molecule has 4 nitrogen and oxygen atoms in total. The van der Waals surface area contributed by atoms with Crippen molar-refractivity contribution in [1.82, 2.24) is 0 Å². The third kappa shape index (κ3) is 39.3. The molecule has 0 radical (unpaired) electrons. The molecule has 0 aliphatic rings. The van der Waals surface area contributed by atoms with E-state index in [0.717, 1.165) is 25.7 Å². The van der Waals surface area contributed by atoms with Gasteiger partial charge in [-0.15, -0.1) is 0 Å². The van der Waals surface area contributed by atoms with Gasteiger partial charge in [0.05, 0.1) is 13.2 Å². The van der Waals surface area contributed by atoms with Crippen LogP contribution in [-0.4, -0.2) is 37.0 Å². The first-order valence-corrected chi connectivity index (χ1v) is 21.4. The highest BCUT2D eigenvalue weighted by Gasteiger charge is 2.13. The highest BCUT2D eigenvalue weighted by molar-refractivity contribution is 5.69. The number of hydrogen-bond donors (Lipinski definition) is 1. The number of unbranched alkanes of at least 4 members (excludes halogenated alkanes) is 28. The molecule has 0 aliphatic heterocycles. The van der Waals surface area contributed by atoms with Gasteiger partial charge in [-0.05, 0) is 44.9 Å². The zero-order chi connectivity index (χ0) is 34.9. The number of esters is 1. The van der Waals surface area contributed by atoms with Gasteiger partial charge < -0.3 is 14.6 Å². The lowest BCUT2D eigenvalue weighted by Gasteiger charge is -2.16. The van der Waals surface area contributed by atoms with E-state index in [0.29, 0.717) is 19.6 Å². The van der Waals surface area contributed by atoms with Crippen molar-refractivity contribution in [2.75, 3.05) is 19.8 Å². The fraction of sp³-hybridized carbons (Fsp3) is 0.886. The van der Waals surface area contributed by atoms with E-state index in [1.54, 1.807) is 0 Å². The summed E-state index contributed by atoms with van der Waals surface area (Å²) in [5.41, 5.74) is 0. The van der Waals surface area contributed by atoms with Gasteiger partial charge in [-0.2, -0.15) is 0 Å². The second-order valence-corrected chi connectivity index (χ2v) is 14.4. The Balaban J connectivity index is 3.39. The minimum atomic E-state index is -0.531. The van der Waals surface area contributed by atoms with Crippen molar-refractivity contribution in [2.24, 2.45) is 0 Å². The molecule has 0 saturated heterocycles. The molecule has 4 heteroatoms. The number of hydrogen-bond acceptors (Lipinski definition) is 4. The van der Waals surface area contributed by atoms with Crippen LogP contribution < -0.4 is 0 Å². The van der Waals surface area contributed by atoms with Gasteiger partial charge in [-0.3, -0.25) is 4.79 Å². The van der Waals surface area contributed by atoms with Crippen molar-refractivity contribution in [3.63, 3.8) is 0 Å². The predicted octanol–water partition coefficient (Wildman–Crippen LogP) is 13.9. The third-order valence-corrected chi connectivity index (χ3v) is 9.53. The Morgan fingerprint density at radius 1 is 0.500 bits per heavy atom. The minimum absolute atomic E-state index is 0.169. The van der Waals surface area contributed by atoms with E-state index in [4.69, 9.17) is 9.47 Å². The van der Waals surface area contributed by atoms with Gasteiger partial charge in [-0.1, -0.05) is 199 Å². The van der Waals surface area contributed by atoms with Crippen LogP contribution in [0.2, 0.25) is 0 Å². The zero-order valence-electron chi connectivity index (χ0n) is 32.5.